The predicted molar refractivity (Wildman–Crippen MR) is 77.5 cm³/mol. The normalized spacial score (nSPS) is 14.7. The van der Waals surface area contributed by atoms with Crippen LogP contribution in [0.4, 0.5) is 5.69 Å². The summed E-state index contributed by atoms with van der Waals surface area (Å²) in [6, 6.07) is 2.18. The summed E-state index contributed by atoms with van der Waals surface area (Å²) < 4.78 is 15.6. The molecule has 7 heteroatoms. The van der Waals surface area contributed by atoms with Crippen LogP contribution in [-0.2, 0) is 14.3 Å². The van der Waals surface area contributed by atoms with Gasteiger partial charge in [0, 0.05) is 5.56 Å². The number of hydrogen-bond acceptors (Lipinski definition) is 6. The van der Waals surface area contributed by atoms with Crippen molar-refractivity contribution in [1.82, 2.24) is 0 Å². The SMILES string of the molecule is CCOc1cc(C=O)cc2c1OCC(=O)N2C(C)C(=O)OC. The first-order valence-corrected chi connectivity index (χ1v) is 6.82. The van der Waals surface area contributed by atoms with Crippen LogP contribution in [0.15, 0.2) is 12.1 Å². The molecule has 1 heterocycles. The molecule has 0 saturated heterocycles. The summed E-state index contributed by atoms with van der Waals surface area (Å²) in [5.74, 6) is -0.258. The molecule has 22 heavy (non-hydrogen) atoms. The van der Waals surface area contributed by atoms with E-state index in [1.165, 1.54) is 24.1 Å². The Bertz CT molecular complexity index is 612. The first-order valence-electron chi connectivity index (χ1n) is 6.82. The number of hydrogen-bond donors (Lipinski definition) is 0. The third-order valence-corrected chi connectivity index (χ3v) is 3.29. The zero-order valence-corrected chi connectivity index (χ0v) is 12.6. The highest BCUT2D eigenvalue weighted by Gasteiger charge is 2.35. The van der Waals surface area contributed by atoms with Crippen LogP contribution in [0.1, 0.15) is 24.2 Å². The molecular weight excluding hydrogens is 290 g/mol. The number of carbonyl (C=O) groups excluding carboxylic acids is 3. The van der Waals surface area contributed by atoms with Gasteiger partial charge in [0.05, 0.1) is 19.4 Å². The molecule has 1 aliphatic rings. The molecule has 0 fully saturated rings. The highest BCUT2D eigenvalue weighted by molar-refractivity contribution is 6.04. The molecule has 0 bridgehead atoms. The van der Waals surface area contributed by atoms with Crippen molar-refractivity contribution in [3.63, 3.8) is 0 Å². The maximum atomic E-state index is 12.2. The van der Waals surface area contributed by atoms with Crippen molar-refractivity contribution < 1.29 is 28.6 Å². The van der Waals surface area contributed by atoms with Crippen molar-refractivity contribution in [2.75, 3.05) is 25.2 Å². The number of nitrogens with zero attached hydrogens (tertiary/aromatic N) is 1. The standard InChI is InChI=1S/C15H17NO6/c1-4-21-12-6-10(7-17)5-11-14(12)22-8-13(18)16(11)9(2)15(19)20-3/h5-7,9H,4,8H2,1-3H3. The second-order valence-electron chi connectivity index (χ2n) is 4.67. The van der Waals surface area contributed by atoms with Crippen molar-refractivity contribution in [3.05, 3.63) is 17.7 Å². The van der Waals surface area contributed by atoms with Gasteiger partial charge in [-0.15, -0.1) is 0 Å². The van der Waals surface area contributed by atoms with Crippen LogP contribution in [0.3, 0.4) is 0 Å². The number of ether oxygens (including phenoxy) is 3. The number of aldehydes is 1. The fraction of sp³-hybridized carbons (Fsp3) is 0.400. The van der Waals surface area contributed by atoms with E-state index in [4.69, 9.17) is 9.47 Å². The third-order valence-electron chi connectivity index (χ3n) is 3.29. The Balaban J connectivity index is 2.57. The molecule has 1 aromatic carbocycles. The summed E-state index contributed by atoms with van der Waals surface area (Å²) in [4.78, 5) is 36.3. The summed E-state index contributed by atoms with van der Waals surface area (Å²) in [5.41, 5.74) is 0.643. The molecule has 1 aromatic rings. The van der Waals surface area contributed by atoms with E-state index in [2.05, 4.69) is 4.74 Å². The fourth-order valence-electron chi connectivity index (χ4n) is 2.30. The highest BCUT2D eigenvalue weighted by Crippen LogP contribution is 2.42. The van der Waals surface area contributed by atoms with Crippen molar-refractivity contribution in [2.24, 2.45) is 0 Å². The van der Waals surface area contributed by atoms with Crippen LogP contribution in [0.25, 0.3) is 0 Å². The average Bonchev–Trinajstić information content (AvgIpc) is 2.53. The maximum absolute atomic E-state index is 12.2. The number of benzene rings is 1. The van der Waals surface area contributed by atoms with Gasteiger partial charge in [0.15, 0.2) is 18.1 Å². The van der Waals surface area contributed by atoms with E-state index in [1.54, 1.807) is 13.8 Å². The fourth-order valence-corrected chi connectivity index (χ4v) is 2.30. The lowest BCUT2D eigenvalue weighted by Crippen LogP contribution is -2.48. The lowest BCUT2D eigenvalue weighted by Gasteiger charge is -2.33. The number of amides is 1. The van der Waals surface area contributed by atoms with E-state index >= 15 is 0 Å². The predicted octanol–water partition coefficient (Wildman–Crippen LogP) is 1.18. The van der Waals surface area contributed by atoms with Gasteiger partial charge in [-0.05, 0) is 26.0 Å². The molecule has 7 nitrogen and oxygen atoms in total. The Morgan fingerprint density at radius 2 is 2.23 bits per heavy atom. The smallest absolute Gasteiger partial charge is 0.328 e. The Kier molecular flexibility index (Phi) is 4.65. The van der Waals surface area contributed by atoms with E-state index in [1.807, 2.05) is 0 Å². The summed E-state index contributed by atoms with van der Waals surface area (Å²) >= 11 is 0. The van der Waals surface area contributed by atoms with Crippen LogP contribution in [0.5, 0.6) is 11.5 Å². The summed E-state index contributed by atoms with van der Waals surface area (Å²) in [7, 11) is 1.25. The van der Waals surface area contributed by atoms with E-state index in [-0.39, 0.29) is 6.61 Å². The molecule has 0 aliphatic carbocycles. The number of rotatable bonds is 5. The monoisotopic (exact) mass is 307 g/mol. The summed E-state index contributed by atoms with van der Waals surface area (Å²) in [5, 5.41) is 0. The molecule has 1 unspecified atom stereocenters. The van der Waals surface area contributed by atoms with E-state index < -0.39 is 17.9 Å². The van der Waals surface area contributed by atoms with Gasteiger partial charge in [0.2, 0.25) is 0 Å². The number of fused-ring (bicyclic) bond motifs is 1. The zero-order chi connectivity index (χ0) is 16.3. The minimum absolute atomic E-state index is 0.213. The second kappa shape index (κ2) is 6.46. The molecule has 0 N–H and O–H groups in total. The van der Waals surface area contributed by atoms with E-state index in [0.717, 1.165) is 0 Å². The van der Waals surface area contributed by atoms with Gasteiger partial charge in [-0.3, -0.25) is 14.5 Å². The number of methoxy groups -OCH3 is 1. The first-order chi connectivity index (χ1) is 10.5. The molecule has 0 aromatic heterocycles. The Morgan fingerprint density at radius 3 is 2.82 bits per heavy atom. The summed E-state index contributed by atoms with van der Waals surface area (Å²) in [6.45, 7) is 3.50. The average molecular weight is 307 g/mol. The number of esters is 1. The van der Waals surface area contributed by atoms with Crippen molar-refractivity contribution in [2.45, 2.75) is 19.9 Å². The minimum Gasteiger partial charge on any atom is -0.490 e. The summed E-state index contributed by atoms with van der Waals surface area (Å²) in [6.07, 6.45) is 0.642. The third kappa shape index (κ3) is 2.74. The molecule has 118 valence electrons. The largest absolute Gasteiger partial charge is 0.490 e. The quantitative estimate of drug-likeness (QED) is 0.600. The first kappa shape index (κ1) is 15.8. The molecule has 0 radical (unpaired) electrons. The molecular formula is C15H17NO6. The van der Waals surface area contributed by atoms with Gasteiger partial charge in [-0.2, -0.15) is 0 Å². The highest BCUT2D eigenvalue weighted by atomic mass is 16.5. The van der Waals surface area contributed by atoms with Crippen LogP contribution in [0, 0.1) is 0 Å². The number of carbonyl (C=O) groups is 3. The molecule has 1 atom stereocenters. The Labute approximate surface area is 127 Å². The molecule has 1 amide bonds. The Morgan fingerprint density at radius 1 is 1.50 bits per heavy atom. The topological polar surface area (TPSA) is 82.1 Å². The van der Waals surface area contributed by atoms with E-state index in [0.29, 0.717) is 35.6 Å². The van der Waals surface area contributed by atoms with Gasteiger partial charge in [-0.1, -0.05) is 0 Å². The molecule has 0 saturated carbocycles. The molecule has 0 spiro atoms. The Hall–Kier alpha value is -2.57. The number of anilines is 1. The van der Waals surface area contributed by atoms with Crippen LogP contribution in [0.2, 0.25) is 0 Å². The van der Waals surface area contributed by atoms with Crippen LogP contribution >= 0.6 is 0 Å². The molecule has 1 aliphatic heterocycles. The molecule has 2 rings (SSSR count). The zero-order valence-electron chi connectivity index (χ0n) is 12.6. The van der Waals surface area contributed by atoms with Gasteiger partial charge in [0.25, 0.3) is 5.91 Å². The second-order valence-corrected chi connectivity index (χ2v) is 4.67. The van der Waals surface area contributed by atoms with Gasteiger partial charge in [0.1, 0.15) is 12.3 Å². The van der Waals surface area contributed by atoms with Crippen LogP contribution in [-0.4, -0.2) is 44.5 Å². The van der Waals surface area contributed by atoms with Crippen molar-refractivity contribution in [3.8, 4) is 11.5 Å². The maximum Gasteiger partial charge on any atom is 0.328 e. The minimum atomic E-state index is -0.837. The lowest BCUT2D eigenvalue weighted by molar-refractivity contribution is -0.143. The lowest BCUT2D eigenvalue weighted by atomic mass is 10.1. The van der Waals surface area contributed by atoms with Gasteiger partial charge < -0.3 is 14.2 Å². The van der Waals surface area contributed by atoms with Gasteiger partial charge >= 0.3 is 5.97 Å². The van der Waals surface area contributed by atoms with E-state index in [9.17, 15) is 14.4 Å². The van der Waals surface area contributed by atoms with Crippen molar-refractivity contribution >= 4 is 23.9 Å². The van der Waals surface area contributed by atoms with Crippen molar-refractivity contribution in [1.29, 1.82) is 0 Å². The van der Waals surface area contributed by atoms with Gasteiger partial charge in [-0.25, -0.2) is 4.79 Å². The van der Waals surface area contributed by atoms with Crippen LogP contribution < -0.4 is 14.4 Å².